The Hall–Kier alpha value is -2.84. The summed E-state index contributed by atoms with van der Waals surface area (Å²) in [5.41, 5.74) is 8.72. The first-order valence-corrected chi connectivity index (χ1v) is 6.53. The average Bonchev–Trinajstić information content (AvgIpc) is 2.97. The van der Waals surface area contributed by atoms with E-state index in [9.17, 15) is 0 Å². The first kappa shape index (κ1) is 13.2. The lowest BCUT2D eigenvalue weighted by molar-refractivity contribution is 0.846. The molecule has 0 fully saturated rings. The standard InChI is InChI=1S/C15H10ClN5/c16-14-10(7-17)5-6-19-15(14)21-9-11(8-20-21)12-3-1-2-4-13(12)18/h1-6,8-9H,18H2. The molecule has 3 rings (SSSR count). The quantitative estimate of drug-likeness (QED) is 0.737. The van der Waals surface area contributed by atoms with Crippen LogP contribution < -0.4 is 5.73 Å². The summed E-state index contributed by atoms with van der Waals surface area (Å²) in [5, 5.41) is 13.5. The topological polar surface area (TPSA) is 80.5 Å². The highest BCUT2D eigenvalue weighted by Gasteiger charge is 2.12. The van der Waals surface area contributed by atoms with Gasteiger partial charge in [-0.1, -0.05) is 29.8 Å². The van der Waals surface area contributed by atoms with E-state index in [1.54, 1.807) is 18.5 Å². The Morgan fingerprint density at radius 1 is 1.24 bits per heavy atom. The summed E-state index contributed by atoms with van der Waals surface area (Å²) in [6, 6.07) is 11.1. The normalized spacial score (nSPS) is 10.3. The second kappa shape index (κ2) is 5.27. The van der Waals surface area contributed by atoms with Crippen LogP contribution in [0.5, 0.6) is 0 Å². The Labute approximate surface area is 126 Å². The van der Waals surface area contributed by atoms with E-state index in [0.29, 0.717) is 17.1 Å². The van der Waals surface area contributed by atoms with Crippen LogP contribution in [0.15, 0.2) is 48.9 Å². The zero-order chi connectivity index (χ0) is 14.8. The number of halogens is 1. The minimum Gasteiger partial charge on any atom is -0.398 e. The first-order chi connectivity index (χ1) is 10.2. The number of para-hydroxylation sites is 1. The number of aromatic nitrogens is 3. The fourth-order valence-electron chi connectivity index (χ4n) is 2.02. The van der Waals surface area contributed by atoms with Gasteiger partial charge in [0.1, 0.15) is 11.1 Å². The molecular formula is C15H10ClN5. The highest BCUT2D eigenvalue weighted by Crippen LogP contribution is 2.27. The maximum absolute atomic E-state index is 9.00. The second-order valence-electron chi connectivity index (χ2n) is 4.37. The van der Waals surface area contributed by atoms with Crippen molar-refractivity contribution in [3.8, 4) is 23.0 Å². The average molecular weight is 296 g/mol. The Balaban J connectivity index is 2.08. The zero-order valence-electron chi connectivity index (χ0n) is 10.9. The first-order valence-electron chi connectivity index (χ1n) is 6.15. The molecule has 0 radical (unpaired) electrons. The van der Waals surface area contributed by atoms with Crippen molar-refractivity contribution in [1.29, 1.82) is 5.26 Å². The van der Waals surface area contributed by atoms with Crippen molar-refractivity contribution in [2.24, 2.45) is 0 Å². The molecule has 0 bridgehead atoms. The van der Waals surface area contributed by atoms with E-state index in [0.717, 1.165) is 11.1 Å². The van der Waals surface area contributed by atoms with Gasteiger partial charge in [-0.2, -0.15) is 10.4 Å². The van der Waals surface area contributed by atoms with Crippen LogP contribution in [0.2, 0.25) is 5.02 Å². The third kappa shape index (κ3) is 2.33. The summed E-state index contributed by atoms with van der Waals surface area (Å²) in [6.45, 7) is 0. The lowest BCUT2D eigenvalue weighted by atomic mass is 10.1. The largest absolute Gasteiger partial charge is 0.398 e. The number of pyridine rings is 1. The van der Waals surface area contributed by atoms with Crippen molar-refractivity contribution in [2.75, 3.05) is 5.73 Å². The SMILES string of the molecule is N#Cc1ccnc(-n2cc(-c3ccccc3N)cn2)c1Cl. The summed E-state index contributed by atoms with van der Waals surface area (Å²) >= 11 is 6.16. The van der Waals surface area contributed by atoms with Crippen LogP contribution in [0.1, 0.15) is 5.56 Å². The highest BCUT2D eigenvalue weighted by atomic mass is 35.5. The molecule has 0 atom stereocenters. The molecule has 21 heavy (non-hydrogen) atoms. The molecule has 0 saturated heterocycles. The zero-order valence-corrected chi connectivity index (χ0v) is 11.6. The maximum atomic E-state index is 9.00. The van der Waals surface area contributed by atoms with Gasteiger partial charge < -0.3 is 5.73 Å². The fourth-order valence-corrected chi connectivity index (χ4v) is 2.26. The molecule has 0 aliphatic heterocycles. The lowest BCUT2D eigenvalue weighted by Crippen LogP contribution is -1.99. The minimum atomic E-state index is 0.274. The molecule has 102 valence electrons. The van der Waals surface area contributed by atoms with Gasteiger partial charge in [0, 0.05) is 29.2 Å². The van der Waals surface area contributed by atoms with Crippen LogP contribution in [-0.2, 0) is 0 Å². The van der Waals surface area contributed by atoms with Crippen molar-refractivity contribution in [3.05, 3.63) is 59.5 Å². The van der Waals surface area contributed by atoms with Gasteiger partial charge in [0.15, 0.2) is 5.82 Å². The molecule has 6 heteroatoms. The lowest BCUT2D eigenvalue weighted by Gasteiger charge is -2.04. The Bertz CT molecular complexity index is 847. The van der Waals surface area contributed by atoms with E-state index in [2.05, 4.69) is 10.1 Å². The molecular weight excluding hydrogens is 286 g/mol. The van der Waals surface area contributed by atoms with E-state index >= 15 is 0 Å². The third-order valence-electron chi connectivity index (χ3n) is 3.06. The number of anilines is 1. The van der Waals surface area contributed by atoms with Crippen molar-refractivity contribution in [3.63, 3.8) is 0 Å². The van der Waals surface area contributed by atoms with E-state index < -0.39 is 0 Å². The van der Waals surface area contributed by atoms with E-state index in [1.165, 1.54) is 10.9 Å². The number of rotatable bonds is 2. The molecule has 0 aliphatic rings. The molecule has 1 aromatic carbocycles. The van der Waals surface area contributed by atoms with Crippen LogP contribution in [0.3, 0.4) is 0 Å². The minimum absolute atomic E-state index is 0.274. The summed E-state index contributed by atoms with van der Waals surface area (Å²) in [5.74, 6) is 0.413. The van der Waals surface area contributed by atoms with Crippen LogP contribution in [-0.4, -0.2) is 14.8 Å². The summed E-state index contributed by atoms with van der Waals surface area (Å²) < 4.78 is 1.53. The molecule has 0 aliphatic carbocycles. The van der Waals surface area contributed by atoms with Crippen molar-refractivity contribution in [1.82, 2.24) is 14.8 Å². The molecule has 2 aromatic heterocycles. The van der Waals surface area contributed by atoms with Crippen molar-refractivity contribution >= 4 is 17.3 Å². The van der Waals surface area contributed by atoms with Gasteiger partial charge in [0.05, 0.1) is 11.8 Å². The fraction of sp³-hybridized carbons (Fsp3) is 0. The Kier molecular flexibility index (Phi) is 3.30. The van der Waals surface area contributed by atoms with Gasteiger partial charge >= 0.3 is 0 Å². The summed E-state index contributed by atoms with van der Waals surface area (Å²) in [4.78, 5) is 4.17. The molecule has 2 heterocycles. The van der Waals surface area contributed by atoms with Gasteiger partial charge in [-0.3, -0.25) is 0 Å². The second-order valence-corrected chi connectivity index (χ2v) is 4.75. The number of hydrogen-bond acceptors (Lipinski definition) is 4. The van der Waals surface area contributed by atoms with Crippen LogP contribution in [0, 0.1) is 11.3 Å². The van der Waals surface area contributed by atoms with Crippen LogP contribution in [0.4, 0.5) is 5.69 Å². The number of nitrogens with two attached hydrogens (primary N) is 1. The number of benzene rings is 1. The summed E-state index contributed by atoms with van der Waals surface area (Å²) in [7, 11) is 0. The predicted octanol–water partition coefficient (Wildman–Crippen LogP) is 3.04. The van der Waals surface area contributed by atoms with Gasteiger partial charge in [-0.05, 0) is 12.1 Å². The highest BCUT2D eigenvalue weighted by molar-refractivity contribution is 6.33. The van der Waals surface area contributed by atoms with E-state index in [-0.39, 0.29) is 5.02 Å². The van der Waals surface area contributed by atoms with Crippen molar-refractivity contribution < 1.29 is 0 Å². The number of nitriles is 1. The monoisotopic (exact) mass is 295 g/mol. The number of nitrogens with zero attached hydrogens (tertiary/aromatic N) is 4. The predicted molar refractivity (Wildman–Crippen MR) is 80.9 cm³/mol. The molecule has 0 saturated carbocycles. The van der Waals surface area contributed by atoms with Crippen LogP contribution >= 0.6 is 11.6 Å². The van der Waals surface area contributed by atoms with Crippen molar-refractivity contribution in [2.45, 2.75) is 0 Å². The molecule has 2 N–H and O–H groups in total. The third-order valence-corrected chi connectivity index (χ3v) is 3.44. The maximum Gasteiger partial charge on any atom is 0.173 e. The van der Waals surface area contributed by atoms with E-state index in [1.807, 2.05) is 30.3 Å². The van der Waals surface area contributed by atoms with Gasteiger partial charge in [0.2, 0.25) is 0 Å². The van der Waals surface area contributed by atoms with Gasteiger partial charge in [0.25, 0.3) is 0 Å². The molecule has 0 spiro atoms. The summed E-state index contributed by atoms with van der Waals surface area (Å²) in [6.07, 6.45) is 4.99. The molecule has 0 amide bonds. The van der Waals surface area contributed by atoms with Gasteiger partial charge in [-0.15, -0.1) is 0 Å². The molecule has 5 nitrogen and oxygen atoms in total. The molecule has 3 aromatic rings. The number of hydrogen-bond donors (Lipinski definition) is 1. The smallest absolute Gasteiger partial charge is 0.173 e. The van der Waals surface area contributed by atoms with Gasteiger partial charge in [-0.25, -0.2) is 9.67 Å². The Morgan fingerprint density at radius 2 is 2.05 bits per heavy atom. The Morgan fingerprint density at radius 3 is 2.81 bits per heavy atom. The van der Waals surface area contributed by atoms with Crippen LogP contribution in [0.25, 0.3) is 16.9 Å². The molecule has 0 unspecified atom stereocenters. The number of nitrogen functional groups attached to an aromatic ring is 1. The van der Waals surface area contributed by atoms with E-state index in [4.69, 9.17) is 22.6 Å².